The van der Waals surface area contributed by atoms with Gasteiger partial charge >= 0.3 is 0 Å². The van der Waals surface area contributed by atoms with Crippen molar-refractivity contribution in [3.05, 3.63) is 0 Å². The van der Waals surface area contributed by atoms with E-state index in [9.17, 15) is 5.11 Å². The summed E-state index contributed by atoms with van der Waals surface area (Å²) in [6.07, 6.45) is 10.3. The van der Waals surface area contributed by atoms with Gasteiger partial charge in [-0.3, -0.25) is 0 Å². The number of ether oxygens (including phenoxy) is 2. The van der Waals surface area contributed by atoms with E-state index in [0.29, 0.717) is 22.7 Å². The van der Waals surface area contributed by atoms with Crippen molar-refractivity contribution in [2.24, 2.45) is 34.0 Å². The lowest BCUT2D eigenvalue weighted by Crippen LogP contribution is -2.59. The fourth-order valence-electron chi connectivity index (χ4n) is 8.93. The van der Waals surface area contributed by atoms with Crippen LogP contribution >= 0.6 is 0 Å². The first-order chi connectivity index (χ1) is 13.5. The quantitative estimate of drug-likeness (QED) is 0.610. The van der Waals surface area contributed by atoms with Crippen LogP contribution in [0.15, 0.2) is 0 Å². The molecular formula is C26H46O3. The average Bonchev–Trinajstić information content (AvgIpc) is 2.83. The predicted octanol–water partition coefficient (Wildman–Crippen LogP) is 5.98. The molecule has 3 heteroatoms. The van der Waals surface area contributed by atoms with Crippen molar-refractivity contribution in [1.29, 1.82) is 0 Å². The molecule has 3 nitrogen and oxygen atoms in total. The van der Waals surface area contributed by atoms with Gasteiger partial charge in [-0.2, -0.15) is 0 Å². The van der Waals surface area contributed by atoms with Crippen LogP contribution in [0.25, 0.3) is 0 Å². The van der Waals surface area contributed by atoms with Crippen LogP contribution in [0.5, 0.6) is 0 Å². The molecule has 4 aliphatic carbocycles. The Bertz CT molecular complexity index is 613. The highest BCUT2D eigenvalue weighted by atomic mass is 16.6. The molecule has 0 aromatic carbocycles. The minimum absolute atomic E-state index is 0.0380. The molecule has 0 aromatic heterocycles. The summed E-state index contributed by atoms with van der Waals surface area (Å²) >= 11 is 0. The summed E-state index contributed by atoms with van der Waals surface area (Å²) in [6, 6.07) is 0. The molecule has 0 aromatic rings. The molecule has 0 amide bonds. The van der Waals surface area contributed by atoms with Gasteiger partial charge in [0.2, 0.25) is 0 Å². The predicted molar refractivity (Wildman–Crippen MR) is 118 cm³/mol. The molecule has 4 aliphatic rings. The van der Waals surface area contributed by atoms with Crippen molar-refractivity contribution < 1.29 is 14.6 Å². The number of hydrogen-bond acceptors (Lipinski definition) is 3. The minimum atomic E-state index is -0.141. The van der Waals surface area contributed by atoms with Crippen molar-refractivity contribution in [1.82, 2.24) is 0 Å². The summed E-state index contributed by atoms with van der Waals surface area (Å²) < 4.78 is 13.0. The van der Waals surface area contributed by atoms with Crippen LogP contribution in [0.1, 0.15) is 99.8 Å². The van der Waals surface area contributed by atoms with E-state index in [0.717, 1.165) is 18.9 Å². The molecule has 7 atom stereocenters. The van der Waals surface area contributed by atoms with E-state index in [-0.39, 0.29) is 29.3 Å². The molecular weight excluding hydrogens is 360 g/mol. The SMILES string of the molecule is CC(C)OC[C@@]1(OC(C)C)C[C@@]23CC[C@H]4C(C)(C)[C@@H](O)CC[C@]4(C)[C@H]2CC[C@@H]1C3. The van der Waals surface area contributed by atoms with Gasteiger partial charge in [-0.1, -0.05) is 20.8 Å². The number of aliphatic hydroxyl groups is 1. The third-order valence-corrected chi connectivity index (χ3v) is 9.96. The topological polar surface area (TPSA) is 38.7 Å². The fourth-order valence-corrected chi connectivity index (χ4v) is 8.93. The van der Waals surface area contributed by atoms with Crippen molar-refractivity contribution in [3.8, 4) is 0 Å². The highest BCUT2D eigenvalue weighted by Gasteiger charge is 2.68. The average molecular weight is 407 g/mol. The highest BCUT2D eigenvalue weighted by Crippen LogP contribution is 2.73. The van der Waals surface area contributed by atoms with Gasteiger partial charge in [0.15, 0.2) is 0 Å². The van der Waals surface area contributed by atoms with Gasteiger partial charge in [-0.15, -0.1) is 0 Å². The van der Waals surface area contributed by atoms with Crippen LogP contribution in [-0.4, -0.2) is 35.6 Å². The summed E-state index contributed by atoms with van der Waals surface area (Å²) in [6.45, 7) is 16.7. The Kier molecular flexibility index (Phi) is 5.49. The van der Waals surface area contributed by atoms with Gasteiger partial charge in [-0.05, 0) is 113 Å². The molecule has 1 N–H and O–H groups in total. The first kappa shape index (κ1) is 22.1. The minimum Gasteiger partial charge on any atom is -0.393 e. The Balaban J connectivity index is 1.66. The van der Waals surface area contributed by atoms with Gasteiger partial charge in [0.05, 0.1) is 30.5 Å². The Hall–Kier alpha value is -0.120. The standard InChI is InChI=1S/C26H46O3/c1-17(2)28-16-26(29-18(3)4)15-25-13-10-20-23(5,6)22(27)11-12-24(20,7)21(25)9-8-19(26)14-25/h17-22,27H,8-16H2,1-7H3/t19-,20+,21-,22+,24+,25+,26+/m1/s1. The lowest BCUT2D eigenvalue weighted by molar-refractivity contribution is -0.182. The smallest absolute Gasteiger partial charge is 0.0951 e. The molecule has 1 spiro atoms. The van der Waals surface area contributed by atoms with Crippen LogP contribution in [0.4, 0.5) is 0 Å². The molecule has 29 heavy (non-hydrogen) atoms. The monoisotopic (exact) mass is 406 g/mol. The molecule has 0 heterocycles. The lowest BCUT2D eigenvalue weighted by atomic mass is 9.41. The van der Waals surface area contributed by atoms with Gasteiger partial charge in [0.25, 0.3) is 0 Å². The van der Waals surface area contributed by atoms with E-state index in [1.54, 1.807) is 0 Å². The zero-order chi connectivity index (χ0) is 21.2. The summed E-state index contributed by atoms with van der Waals surface area (Å²) in [5.41, 5.74) is 0.719. The summed E-state index contributed by atoms with van der Waals surface area (Å²) in [5, 5.41) is 10.8. The molecule has 2 bridgehead atoms. The van der Waals surface area contributed by atoms with E-state index < -0.39 is 0 Å². The molecule has 4 saturated carbocycles. The van der Waals surface area contributed by atoms with E-state index in [4.69, 9.17) is 9.47 Å². The molecule has 0 saturated heterocycles. The maximum Gasteiger partial charge on any atom is 0.0951 e. The van der Waals surface area contributed by atoms with E-state index in [1.165, 1.54) is 44.9 Å². The highest BCUT2D eigenvalue weighted by molar-refractivity contribution is 5.18. The van der Waals surface area contributed by atoms with E-state index in [2.05, 4.69) is 48.5 Å². The largest absolute Gasteiger partial charge is 0.393 e. The Morgan fingerprint density at radius 2 is 1.62 bits per heavy atom. The van der Waals surface area contributed by atoms with E-state index in [1.807, 2.05) is 0 Å². The summed E-state index contributed by atoms with van der Waals surface area (Å²) in [5.74, 6) is 2.05. The van der Waals surface area contributed by atoms with Gasteiger partial charge in [0.1, 0.15) is 0 Å². The second kappa shape index (κ2) is 7.20. The lowest BCUT2D eigenvalue weighted by Gasteiger charge is -2.64. The van der Waals surface area contributed by atoms with Crippen LogP contribution < -0.4 is 0 Å². The first-order valence-corrected chi connectivity index (χ1v) is 12.4. The van der Waals surface area contributed by atoms with E-state index >= 15 is 0 Å². The molecule has 4 fully saturated rings. The van der Waals surface area contributed by atoms with Crippen LogP contribution in [0, 0.1) is 34.0 Å². The maximum atomic E-state index is 10.8. The number of aliphatic hydroxyl groups excluding tert-OH is 1. The maximum absolute atomic E-state index is 10.8. The summed E-state index contributed by atoms with van der Waals surface area (Å²) in [4.78, 5) is 0. The molecule has 4 rings (SSSR count). The molecule has 168 valence electrons. The van der Waals surface area contributed by atoms with Gasteiger partial charge in [0, 0.05) is 0 Å². The first-order valence-electron chi connectivity index (χ1n) is 12.4. The van der Waals surface area contributed by atoms with Crippen molar-refractivity contribution in [2.45, 2.75) is 124 Å². The Labute approximate surface area is 179 Å². The second-order valence-corrected chi connectivity index (χ2v) is 12.6. The van der Waals surface area contributed by atoms with Crippen molar-refractivity contribution in [3.63, 3.8) is 0 Å². The third kappa shape index (κ3) is 3.33. The molecule has 0 unspecified atom stereocenters. The Morgan fingerprint density at radius 1 is 0.897 bits per heavy atom. The van der Waals surface area contributed by atoms with Crippen LogP contribution in [0.2, 0.25) is 0 Å². The normalized spacial score (nSPS) is 48.6. The fraction of sp³-hybridized carbons (Fsp3) is 1.00. The van der Waals surface area contributed by atoms with Crippen LogP contribution in [0.3, 0.4) is 0 Å². The molecule has 0 radical (unpaired) electrons. The van der Waals surface area contributed by atoms with Crippen molar-refractivity contribution >= 4 is 0 Å². The summed E-state index contributed by atoms with van der Waals surface area (Å²) in [7, 11) is 0. The number of hydrogen-bond donors (Lipinski definition) is 1. The number of rotatable bonds is 5. The molecule has 0 aliphatic heterocycles. The van der Waals surface area contributed by atoms with Crippen LogP contribution in [-0.2, 0) is 9.47 Å². The van der Waals surface area contributed by atoms with Gasteiger partial charge < -0.3 is 14.6 Å². The van der Waals surface area contributed by atoms with Gasteiger partial charge in [-0.25, -0.2) is 0 Å². The zero-order valence-corrected chi connectivity index (χ0v) is 20.1. The Morgan fingerprint density at radius 3 is 2.28 bits per heavy atom. The third-order valence-electron chi connectivity index (χ3n) is 9.96. The number of fused-ring (bicyclic) bond motifs is 3. The second-order valence-electron chi connectivity index (χ2n) is 12.6. The zero-order valence-electron chi connectivity index (χ0n) is 20.1. The van der Waals surface area contributed by atoms with Crippen molar-refractivity contribution in [2.75, 3.05) is 6.61 Å².